The van der Waals surface area contributed by atoms with Crippen molar-refractivity contribution < 1.29 is 19.4 Å². The number of carbonyl (C=O) groups excluding carboxylic acids is 1. The Balaban J connectivity index is 1.69. The van der Waals surface area contributed by atoms with Crippen LogP contribution >= 0.6 is 0 Å². The number of carbonyl (C=O) groups is 2. The van der Waals surface area contributed by atoms with Crippen LogP contribution in [0.4, 0.5) is 0 Å². The number of carboxylic acid groups (broad SMARTS) is 1. The molecule has 0 unspecified atom stereocenters. The van der Waals surface area contributed by atoms with Gasteiger partial charge in [-0.1, -0.05) is 66.2 Å². The highest BCUT2D eigenvalue weighted by atomic mass is 16.5. The number of amides is 1. The molecule has 1 N–H and O–H groups in total. The smallest absolute Gasteiger partial charge is 0.303 e. The molecular formula is C31H29N3O4. The van der Waals surface area contributed by atoms with E-state index in [0.29, 0.717) is 12.2 Å². The Hall–Kier alpha value is -4.52. The van der Waals surface area contributed by atoms with Crippen molar-refractivity contribution in [2.75, 3.05) is 7.11 Å². The number of nitrogens with zero attached hydrogens (tertiary/aromatic N) is 3. The molecule has 3 aromatic carbocycles. The second kappa shape index (κ2) is 10.5. The van der Waals surface area contributed by atoms with Crippen LogP contribution in [-0.4, -0.2) is 39.8 Å². The number of rotatable bonds is 7. The van der Waals surface area contributed by atoms with Gasteiger partial charge >= 0.3 is 5.97 Å². The predicted molar refractivity (Wildman–Crippen MR) is 147 cm³/mol. The molecule has 0 saturated heterocycles. The number of fused-ring (bicyclic) bond motifs is 1. The topological polar surface area (TPSA) is 92.1 Å². The maximum atomic E-state index is 13.3. The normalized spacial score (nSPS) is 15.0. The van der Waals surface area contributed by atoms with Crippen LogP contribution < -0.4 is 4.74 Å². The Labute approximate surface area is 221 Å². The average molecular weight is 508 g/mol. The van der Waals surface area contributed by atoms with E-state index in [1.54, 1.807) is 7.11 Å². The fraction of sp³-hybridized carbons (Fsp3) is 0.226. The molecule has 0 fully saturated rings. The number of aryl methyl sites for hydroxylation is 2. The Morgan fingerprint density at radius 2 is 1.66 bits per heavy atom. The summed E-state index contributed by atoms with van der Waals surface area (Å²) in [4.78, 5) is 29.4. The first-order chi connectivity index (χ1) is 18.4. The van der Waals surface area contributed by atoms with Gasteiger partial charge in [0.1, 0.15) is 5.75 Å². The first-order valence-corrected chi connectivity index (χ1v) is 12.6. The molecule has 4 aromatic rings. The molecule has 38 heavy (non-hydrogen) atoms. The highest BCUT2D eigenvalue weighted by Crippen LogP contribution is 2.41. The van der Waals surface area contributed by atoms with E-state index in [2.05, 4.69) is 37.3 Å². The monoisotopic (exact) mass is 507 g/mol. The highest BCUT2D eigenvalue weighted by molar-refractivity contribution is 6.14. The molecule has 0 saturated carbocycles. The number of hydrogen-bond donors (Lipinski definition) is 1. The van der Waals surface area contributed by atoms with E-state index in [0.717, 1.165) is 50.1 Å². The van der Waals surface area contributed by atoms with Crippen molar-refractivity contribution in [2.45, 2.75) is 39.2 Å². The highest BCUT2D eigenvalue weighted by Gasteiger charge is 2.36. The minimum Gasteiger partial charge on any atom is -0.496 e. The number of aliphatic carboxylic acids is 1. The number of aromatic nitrogens is 1. The van der Waals surface area contributed by atoms with Gasteiger partial charge in [0, 0.05) is 40.6 Å². The van der Waals surface area contributed by atoms with E-state index >= 15 is 0 Å². The molecule has 7 heteroatoms. The summed E-state index contributed by atoms with van der Waals surface area (Å²) in [6.07, 6.45) is 0.0421. The van der Waals surface area contributed by atoms with Gasteiger partial charge in [0.2, 0.25) is 5.91 Å². The lowest BCUT2D eigenvalue weighted by molar-refractivity contribution is -0.141. The summed E-state index contributed by atoms with van der Waals surface area (Å²) < 4.78 is 5.62. The fourth-order valence-corrected chi connectivity index (χ4v) is 5.11. The molecular weight excluding hydrogens is 478 g/mol. The van der Waals surface area contributed by atoms with Gasteiger partial charge < -0.3 is 9.84 Å². The van der Waals surface area contributed by atoms with Gasteiger partial charge in [0.15, 0.2) is 0 Å². The van der Waals surface area contributed by atoms with E-state index in [1.165, 1.54) is 5.01 Å². The molecule has 1 atom stereocenters. The summed E-state index contributed by atoms with van der Waals surface area (Å²) in [7, 11) is 1.60. The summed E-state index contributed by atoms with van der Waals surface area (Å²) in [5.41, 5.74) is 7.37. The van der Waals surface area contributed by atoms with Crippen LogP contribution in [0.25, 0.3) is 22.0 Å². The summed E-state index contributed by atoms with van der Waals surface area (Å²) in [5.74, 6) is -0.717. The van der Waals surface area contributed by atoms with E-state index in [9.17, 15) is 14.7 Å². The van der Waals surface area contributed by atoms with Crippen molar-refractivity contribution in [3.63, 3.8) is 0 Å². The van der Waals surface area contributed by atoms with Gasteiger partial charge in [0.25, 0.3) is 0 Å². The van der Waals surface area contributed by atoms with Gasteiger partial charge in [0.05, 0.1) is 30.8 Å². The Bertz CT molecular complexity index is 1560. The lowest BCUT2D eigenvalue weighted by atomic mass is 9.89. The van der Waals surface area contributed by atoms with Crippen molar-refractivity contribution >= 4 is 28.5 Å². The Morgan fingerprint density at radius 3 is 2.39 bits per heavy atom. The third kappa shape index (κ3) is 4.75. The second-order valence-corrected chi connectivity index (χ2v) is 9.47. The number of hydrazone groups is 1. The van der Waals surface area contributed by atoms with Crippen molar-refractivity contribution in [3.05, 3.63) is 95.2 Å². The summed E-state index contributed by atoms with van der Waals surface area (Å²) >= 11 is 0. The maximum absolute atomic E-state index is 13.3. The van der Waals surface area contributed by atoms with E-state index in [1.807, 2.05) is 49.4 Å². The molecule has 1 aliphatic rings. The zero-order valence-corrected chi connectivity index (χ0v) is 21.6. The lowest BCUT2D eigenvalue weighted by Gasteiger charge is -2.23. The van der Waals surface area contributed by atoms with Gasteiger partial charge in [-0.15, -0.1) is 0 Å². The molecule has 0 bridgehead atoms. The van der Waals surface area contributed by atoms with Crippen molar-refractivity contribution in [1.82, 2.24) is 9.99 Å². The zero-order valence-electron chi connectivity index (χ0n) is 21.6. The van der Waals surface area contributed by atoms with Crippen LogP contribution in [0.3, 0.4) is 0 Å². The van der Waals surface area contributed by atoms with Crippen LogP contribution in [0.15, 0.2) is 77.9 Å². The first-order valence-electron chi connectivity index (χ1n) is 12.6. The molecule has 1 aromatic heterocycles. The van der Waals surface area contributed by atoms with Crippen LogP contribution in [0.5, 0.6) is 5.75 Å². The summed E-state index contributed by atoms with van der Waals surface area (Å²) in [5, 5.41) is 16.5. The van der Waals surface area contributed by atoms with Crippen molar-refractivity contribution in [2.24, 2.45) is 5.10 Å². The number of ether oxygens (including phenoxy) is 1. The molecule has 7 nitrogen and oxygen atoms in total. The molecule has 1 aliphatic heterocycles. The van der Waals surface area contributed by atoms with Gasteiger partial charge in [-0.05, 0) is 31.5 Å². The SMILES string of the molecule is COc1ccccc1[C@@H]1CC(c2c(C)nc3ccccc3c2-c2ccc(C)cc2)=NN1C(=O)CCC(=O)O. The van der Waals surface area contributed by atoms with Crippen molar-refractivity contribution in [3.8, 4) is 16.9 Å². The molecule has 1 amide bonds. The largest absolute Gasteiger partial charge is 0.496 e. The van der Waals surface area contributed by atoms with Crippen LogP contribution in [0, 0.1) is 13.8 Å². The van der Waals surface area contributed by atoms with Gasteiger partial charge in [-0.2, -0.15) is 5.10 Å². The second-order valence-electron chi connectivity index (χ2n) is 9.47. The molecule has 0 aliphatic carbocycles. The quantitative estimate of drug-likeness (QED) is 0.328. The average Bonchev–Trinajstić information content (AvgIpc) is 3.36. The molecule has 192 valence electrons. The molecule has 5 rings (SSSR count). The Morgan fingerprint density at radius 1 is 0.947 bits per heavy atom. The lowest BCUT2D eigenvalue weighted by Crippen LogP contribution is -2.27. The molecule has 2 heterocycles. The Kier molecular flexibility index (Phi) is 6.92. The number of para-hydroxylation sites is 2. The van der Waals surface area contributed by atoms with Crippen LogP contribution in [0.2, 0.25) is 0 Å². The zero-order chi connectivity index (χ0) is 26.8. The van der Waals surface area contributed by atoms with Gasteiger partial charge in [-0.3, -0.25) is 14.6 Å². The minimum absolute atomic E-state index is 0.141. The fourth-order valence-electron chi connectivity index (χ4n) is 5.11. The number of pyridine rings is 1. The molecule has 0 radical (unpaired) electrons. The maximum Gasteiger partial charge on any atom is 0.303 e. The van der Waals surface area contributed by atoms with Crippen LogP contribution in [0.1, 0.15) is 47.7 Å². The van der Waals surface area contributed by atoms with Gasteiger partial charge in [-0.25, -0.2) is 5.01 Å². The van der Waals surface area contributed by atoms with E-state index in [-0.39, 0.29) is 18.7 Å². The summed E-state index contributed by atoms with van der Waals surface area (Å²) in [6.45, 7) is 4.02. The predicted octanol–water partition coefficient (Wildman–Crippen LogP) is 6.07. The third-order valence-corrected chi connectivity index (χ3v) is 6.92. The third-order valence-electron chi connectivity index (χ3n) is 6.92. The first kappa shape index (κ1) is 25.1. The van der Waals surface area contributed by atoms with E-state index in [4.69, 9.17) is 14.8 Å². The van der Waals surface area contributed by atoms with Crippen molar-refractivity contribution in [1.29, 1.82) is 0 Å². The minimum atomic E-state index is -1.02. The summed E-state index contributed by atoms with van der Waals surface area (Å²) in [6, 6.07) is 23.5. The van der Waals surface area contributed by atoms with Crippen LogP contribution in [-0.2, 0) is 9.59 Å². The number of carboxylic acids is 1. The number of hydrogen-bond acceptors (Lipinski definition) is 5. The standard InChI is InChI=1S/C31H29N3O4/c1-19-12-14-21(15-13-19)31-22-8-4-6-10-24(22)32-20(2)30(31)25-18-26(23-9-5-7-11-27(23)38-3)34(33-25)28(35)16-17-29(36)37/h4-15,26H,16-18H2,1-3H3,(H,36,37)/t26-/m0/s1. The number of methoxy groups -OCH3 is 1. The number of benzene rings is 3. The molecule has 0 spiro atoms. The van der Waals surface area contributed by atoms with E-state index < -0.39 is 12.0 Å².